The lowest BCUT2D eigenvalue weighted by molar-refractivity contribution is -0.126. The molecule has 3 N–H and O–H groups in total. The molecule has 3 heterocycles. The van der Waals surface area contributed by atoms with Gasteiger partial charge in [-0.05, 0) is 57.7 Å². The first-order valence-corrected chi connectivity index (χ1v) is 11.4. The summed E-state index contributed by atoms with van der Waals surface area (Å²) in [6.07, 6.45) is 8.94. The van der Waals surface area contributed by atoms with Gasteiger partial charge in [-0.15, -0.1) is 0 Å². The third-order valence-electron chi connectivity index (χ3n) is 6.43. The minimum absolute atomic E-state index is 0.105. The van der Waals surface area contributed by atoms with Crippen LogP contribution >= 0.6 is 0 Å². The molecule has 166 valence electrons. The van der Waals surface area contributed by atoms with Crippen LogP contribution in [0.3, 0.4) is 0 Å². The highest BCUT2D eigenvalue weighted by atomic mass is 16.5. The van der Waals surface area contributed by atoms with E-state index in [1.54, 1.807) is 12.3 Å². The third-order valence-corrected chi connectivity index (χ3v) is 6.43. The van der Waals surface area contributed by atoms with E-state index >= 15 is 0 Å². The SMILES string of the molecule is C[C@H]1CCC[C@@](C)(CCCCCN2C(=O)C(c3ccnc(N)n3)Oc3ccccc32)N1. The van der Waals surface area contributed by atoms with Crippen molar-refractivity contribution in [3.05, 3.63) is 42.2 Å². The number of hydrogen-bond donors (Lipinski definition) is 2. The van der Waals surface area contributed by atoms with Gasteiger partial charge < -0.3 is 20.7 Å². The van der Waals surface area contributed by atoms with Crippen molar-refractivity contribution in [2.45, 2.75) is 76.5 Å². The molecule has 3 atom stereocenters. The molecule has 2 aliphatic heterocycles. The van der Waals surface area contributed by atoms with Gasteiger partial charge in [0.15, 0.2) is 0 Å². The van der Waals surface area contributed by atoms with Gasteiger partial charge in [0.1, 0.15) is 5.75 Å². The Balaban J connectivity index is 1.39. The molecule has 1 aromatic carbocycles. The van der Waals surface area contributed by atoms with Crippen molar-refractivity contribution in [1.29, 1.82) is 0 Å². The van der Waals surface area contributed by atoms with Crippen molar-refractivity contribution < 1.29 is 9.53 Å². The molecular formula is C24H33N5O2. The van der Waals surface area contributed by atoms with E-state index in [2.05, 4.69) is 29.1 Å². The number of carbonyl (C=O) groups is 1. The van der Waals surface area contributed by atoms with E-state index in [0.29, 0.717) is 24.0 Å². The maximum absolute atomic E-state index is 13.3. The Hall–Kier alpha value is -2.67. The molecule has 0 radical (unpaired) electrons. The quantitative estimate of drug-likeness (QED) is 0.654. The maximum Gasteiger partial charge on any atom is 0.274 e. The Kier molecular flexibility index (Phi) is 6.41. The first kappa shape index (κ1) is 21.6. The standard InChI is InChI=1S/C24H33N5O2/c1-17-9-8-14-24(2,28-17)13-6-3-7-16-29-19-10-4-5-11-20(19)31-21(22(29)30)18-12-15-26-23(25)27-18/h4-5,10-12,15,17,21,28H,3,6-9,13-14,16H2,1-2H3,(H2,25,26,27)/t17-,21?,24+/m0/s1. The molecule has 4 rings (SSSR count). The normalized spacial score (nSPS) is 25.7. The lowest BCUT2D eigenvalue weighted by atomic mass is 9.84. The second kappa shape index (κ2) is 9.22. The van der Waals surface area contributed by atoms with Gasteiger partial charge in [0.25, 0.3) is 5.91 Å². The Morgan fingerprint density at radius 2 is 2.10 bits per heavy atom. The van der Waals surface area contributed by atoms with Gasteiger partial charge in [-0.2, -0.15) is 0 Å². The van der Waals surface area contributed by atoms with E-state index in [1.165, 1.54) is 25.7 Å². The molecule has 7 heteroatoms. The van der Waals surface area contributed by atoms with Crippen molar-refractivity contribution in [3.8, 4) is 5.75 Å². The van der Waals surface area contributed by atoms with Crippen LogP contribution in [0, 0.1) is 0 Å². The lowest BCUT2D eigenvalue weighted by Crippen LogP contribution is -2.50. The van der Waals surface area contributed by atoms with Crippen molar-refractivity contribution in [2.75, 3.05) is 17.2 Å². The van der Waals surface area contributed by atoms with Crippen LogP contribution in [0.1, 0.15) is 70.6 Å². The highest BCUT2D eigenvalue weighted by Gasteiger charge is 2.36. The number of fused-ring (bicyclic) bond motifs is 1. The molecule has 1 amide bonds. The number of nitrogen functional groups attached to an aromatic ring is 1. The first-order valence-electron chi connectivity index (χ1n) is 11.4. The number of unbranched alkanes of at least 4 members (excludes halogenated alkanes) is 2. The van der Waals surface area contributed by atoms with Gasteiger partial charge in [-0.25, -0.2) is 9.97 Å². The Bertz CT molecular complexity index is 920. The predicted molar refractivity (Wildman–Crippen MR) is 122 cm³/mol. The topological polar surface area (TPSA) is 93.4 Å². The molecular weight excluding hydrogens is 390 g/mol. The second-order valence-corrected chi connectivity index (χ2v) is 9.10. The first-order chi connectivity index (χ1) is 15.0. The number of ether oxygens (including phenoxy) is 1. The average molecular weight is 424 g/mol. The molecule has 0 saturated carbocycles. The summed E-state index contributed by atoms with van der Waals surface area (Å²) < 4.78 is 6.00. The average Bonchev–Trinajstić information content (AvgIpc) is 2.74. The largest absolute Gasteiger partial charge is 0.472 e. The molecule has 2 aliphatic rings. The minimum Gasteiger partial charge on any atom is -0.472 e. The summed E-state index contributed by atoms with van der Waals surface area (Å²) in [5.74, 6) is 0.724. The number of amides is 1. The van der Waals surface area contributed by atoms with E-state index < -0.39 is 6.10 Å². The molecule has 7 nitrogen and oxygen atoms in total. The number of nitrogens with one attached hydrogen (secondary N) is 1. The zero-order valence-corrected chi connectivity index (χ0v) is 18.5. The van der Waals surface area contributed by atoms with E-state index in [1.807, 2.05) is 29.2 Å². The minimum atomic E-state index is -0.799. The van der Waals surface area contributed by atoms with Crippen LogP contribution in [-0.2, 0) is 4.79 Å². The van der Waals surface area contributed by atoms with E-state index in [0.717, 1.165) is 24.9 Å². The lowest BCUT2D eigenvalue weighted by Gasteiger charge is -2.39. The van der Waals surface area contributed by atoms with Crippen LogP contribution in [0.2, 0.25) is 0 Å². The van der Waals surface area contributed by atoms with Crippen molar-refractivity contribution >= 4 is 17.5 Å². The monoisotopic (exact) mass is 423 g/mol. The summed E-state index contributed by atoms with van der Waals surface area (Å²) in [5, 5.41) is 3.78. The number of aromatic nitrogens is 2. The predicted octanol–water partition coefficient (Wildman–Crippen LogP) is 4.01. The van der Waals surface area contributed by atoms with Gasteiger partial charge in [0.05, 0.1) is 11.4 Å². The molecule has 31 heavy (non-hydrogen) atoms. The van der Waals surface area contributed by atoms with Gasteiger partial charge in [-0.1, -0.05) is 31.4 Å². The highest BCUT2D eigenvalue weighted by molar-refractivity contribution is 6.00. The summed E-state index contributed by atoms with van der Waals surface area (Å²) in [7, 11) is 0. The van der Waals surface area contributed by atoms with E-state index in [9.17, 15) is 4.79 Å². The Morgan fingerprint density at radius 1 is 1.26 bits per heavy atom. The number of para-hydroxylation sites is 2. The molecule has 1 saturated heterocycles. The van der Waals surface area contributed by atoms with Gasteiger partial charge in [0.2, 0.25) is 12.1 Å². The van der Waals surface area contributed by atoms with Crippen LogP contribution in [0.25, 0.3) is 0 Å². The van der Waals surface area contributed by atoms with Crippen LogP contribution in [-0.4, -0.2) is 34.0 Å². The highest BCUT2D eigenvalue weighted by Crippen LogP contribution is 2.38. The van der Waals surface area contributed by atoms with Crippen molar-refractivity contribution in [3.63, 3.8) is 0 Å². The fraction of sp³-hybridized carbons (Fsp3) is 0.542. The Morgan fingerprint density at radius 3 is 2.90 bits per heavy atom. The van der Waals surface area contributed by atoms with Gasteiger partial charge >= 0.3 is 0 Å². The number of piperidine rings is 1. The number of nitrogens with two attached hydrogens (primary N) is 1. The van der Waals surface area contributed by atoms with Crippen molar-refractivity contribution in [1.82, 2.24) is 15.3 Å². The number of hydrogen-bond acceptors (Lipinski definition) is 6. The molecule has 1 aromatic heterocycles. The van der Waals surface area contributed by atoms with Gasteiger partial charge in [-0.3, -0.25) is 4.79 Å². The number of benzene rings is 1. The summed E-state index contributed by atoms with van der Waals surface area (Å²) in [4.78, 5) is 23.3. The number of nitrogens with zero attached hydrogens (tertiary/aromatic N) is 3. The molecule has 2 aromatic rings. The fourth-order valence-corrected chi connectivity index (χ4v) is 4.87. The molecule has 0 spiro atoms. The molecule has 1 unspecified atom stereocenters. The van der Waals surface area contributed by atoms with Gasteiger partial charge in [0, 0.05) is 24.3 Å². The van der Waals surface area contributed by atoms with Crippen LogP contribution in [0.4, 0.5) is 11.6 Å². The second-order valence-electron chi connectivity index (χ2n) is 9.10. The zero-order valence-electron chi connectivity index (χ0n) is 18.5. The van der Waals surface area contributed by atoms with E-state index in [-0.39, 0.29) is 17.4 Å². The molecule has 1 fully saturated rings. The smallest absolute Gasteiger partial charge is 0.274 e. The van der Waals surface area contributed by atoms with Crippen LogP contribution in [0.15, 0.2) is 36.5 Å². The summed E-state index contributed by atoms with van der Waals surface area (Å²) in [5.41, 5.74) is 7.28. The summed E-state index contributed by atoms with van der Waals surface area (Å²) >= 11 is 0. The fourth-order valence-electron chi connectivity index (χ4n) is 4.87. The number of anilines is 2. The van der Waals surface area contributed by atoms with Crippen molar-refractivity contribution in [2.24, 2.45) is 0 Å². The summed E-state index contributed by atoms with van der Waals surface area (Å²) in [6, 6.07) is 9.97. The molecule has 0 aliphatic carbocycles. The van der Waals surface area contributed by atoms with Crippen LogP contribution in [0.5, 0.6) is 5.75 Å². The zero-order chi connectivity index (χ0) is 21.8. The van der Waals surface area contributed by atoms with E-state index in [4.69, 9.17) is 10.5 Å². The number of carbonyl (C=O) groups excluding carboxylic acids is 1. The Labute approximate surface area is 184 Å². The molecule has 0 bridgehead atoms. The third kappa shape index (κ3) is 4.98. The maximum atomic E-state index is 13.3. The van der Waals surface area contributed by atoms with Crippen LogP contribution < -0.4 is 20.7 Å². The summed E-state index contributed by atoms with van der Waals surface area (Å²) in [6.45, 7) is 5.29. The number of rotatable bonds is 7.